The third-order valence-electron chi connectivity index (χ3n) is 4.13. The van der Waals surface area contributed by atoms with Crippen LogP contribution in [0.4, 0.5) is 10.2 Å². The highest BCUT2D eigenvalue weighted by Crippen LogP contribution is 2.20. The van der Waals surface area contributed by atoms with Crippen LogP contribution in [0, 0.1) is 11.7 Å². The second-order valence-corrected chi connectivity index (χ2v) is 6.10. The molecule has 1 atom stereocenters. The zero-order valence-corrected chi connectivity index (χ0v) is 13.9. The fourth-order valence-electron chi connectivity index (χ4n) is 2.91. The number of piperidine rings is 1. The first-order chi connectivity index (χ1) is 11.7. The second-order valence-electron chi connectivity index (χ2n) is 6.10. The molecule has 24 heavy (non-hydrogen) atoms. The number of methoxy groups -OCH3 is 1. The molecule has 1 aliphatic heterocycles. The zero-order valence-electron chi connectivity index (χ0n) is 13.9. The van der Waals surface area contributed by atoms with Gasteiger partial charge in [0.15, 0.2) is 5.82 Å². The van der Waals surface area contributed by atoms with Crippen LogP contribution in [0.2, 0.25) is 0 Å². The molecule has 2 N–H and O–H groups in total. The predicted octanol–water partition coefficient (Wildman–Crippen LogP) is 2.84. The van der Waals surface area contributed by atoms with Crippen molar-refractivity contribution < 1.29 is 9.13 Å². The third kappa shape index (κ3) is 4.49. The van der Waals surface area contributed by atoms with Crippen molar-refractivity contribution >= 4 is 5.82 Å². The molecule has 0 radical (unpaired) electrons. The molecular weight excluding hydrogens is 307 g/mol. The lowest BCUT2D eigenvalue weighted by atomic mass is 10.00. The molecule has 1 aliphatic rings. The molecule has 5 nitrogen and oxygen atoms in total. The number of hydrogen-bond acceptors (Lipinski definition) is 5. The van der Waals surface area contributed by atoms with Crippen LogP contribution in [0.5, 0.6) is 0 Å². The minimum absolute atomic E-state index is 0.295. The minimum atomic E-state index is -0.295. The number of nitrogens with zero attached hydrogens (tertiary/aromatic N) is 2. The summed E-state index contributed by atoms with van der Waals surface area (Å²) >= 11 is 0. The number of hydrogen-bond donors (Lipinski definition) is 2. The van der Waals surface area contributed by atoms with Crippen LogP contribution in [-0.2, 0) is 11.3 Å². The maximum absolute atomic E-state index is 13.5. The van der Waals surface area contributed by atoms with Crippen molar-refractivity contribution in [3.8, 4) is 11.4 Å². The van der Waals surface area contributed by atoms with Gasteiger partial charge in [0, 0.05) is 25.3 Å². The SMILES string of the molecule is COCc1cc(NCC2CCCNC2)nc(-c2cccc(F)c2)n1. The van der Waals surface area contributed by atoms with E-state index in [-0.39, 0.29) is 5.82 Å². The van der Waals surface area contributed by atoms with E-state index >= 15 is 0 Å². The van der Waals surface area contributed by atoms with Crippen molar-refractivity contribution in [2.75, 3.05) is 32.1 Å². The Bertz CT molecular complexity index is 674. The van der Waals surface area contributed by atoms with Crippen molar-refractivity contribution in [3.63, 3.8) is 0 Å². The van der Waals surface area contributed by atoms with Gasteiger partial charge < -0.3 is 15.4 Å². The van der Waals surface area contributed by atoms with Gasteiger partial charge in [0.05, 0.1) is 12.3 Å². The average Bonchev–Trinajstić information content (AvgIpc) is 2.61. The Morgan fingerprint density at radius 2 is 2.25 bits per heavy atom. The number of anilines is 1. The van der Waals surface area contributed by atoms with Gasteiger partial charge in [-0.15, -0.1) is 0 Å². The minimum Gasteiger partial charge on any atom is -0.378 e. The highest BCUT2D eigenvalue weighted by Gasteiger charge is 2.14. The number of rotatable bonds is 6. The number of benzene rings is 1. The lowest BCUT2D eigenvalue weighted by molar-refractivity contribution is 0.181. The lowest BCUT2D eigenvalue weighted by Gasteiger charge is -2.23. The van der Waals surface area contributed by atoms with E-state index in [1.165, 1.54) is 25.0 Å². The smallest absolute Gasteiger partial charge is 0.161 e. The normalized spacial score (nSPS) is 17.7. The Morgan fingerprint density at radius 1 is 1.33 bits per heavy atom. The van der Waals surface area contributed by atoms with Gasteiger partial charge in [0.1, 0.15) is 11.6 Å². The topological polar surface area (TPSA) is 59.1 Å². The van der Waals surface area contributed by atoms with Crippen LogP contribution in [0.25, 0.3) is 11.4 Å². The molecule has 1 unspecified atom stereocenters. The molecular formula is C18H23FN4O. The Balaban J connectivity index is 1.79. The molecule has 128 valence electrons. The first-order valence-corrected chi connectivity index (χ1v) is 8.32. The van der Waals surface area contributed by atoms with Crippen molar-refractivity contribution in [1.29, 1.82) is 0 Å². The van der Waals surface area contributed by atoms with Gasteiger partial charge in [0.25, 0.3) is 0 Å². The average molecular weight is 330 g/mol. The first-order valence-electron chi connectivity index (χ1n) is 8.32. The van der Waals surface area contributed by atoms with Crippen LogP contribution in [-0.4, -0.2) is 36.7 Å². The zero-order chi connectivity index (χ0) is 16.8. The van der Waals surface area contributed by atoms with E-state index in [0.29, 0.717) is 23.9 Å². The molecule has 3 rings (SSSR count). The summed E-state index contributed by atoms with van der Waals surface area (Å²) in [5.41, 5.74) is 1.44. The van der Waals surface area contributed by atoms with Crippen molar-refractivity contribution in [1.82, 2.24) is 15.3 Å². The van der Waals surface area contributed by atoms with Gasteiger partial charge in [0.2, 0.25) is 0 Å². The quantitative estimate of drug-likeness (QED) is 0.853. The van der Waals surface area contributed by atoms with E-state index in [1.807, 2.05) is 12.1 Å². The second kappa shape index (κ2) is 8.17. The van der Waals surface area contributed by atoms with Gasteiger partial charge in [-0.2, -0.15) is 0 Å². The maximum atomic E-state index is 13.5. The highest BCUT2D eigenvalue weighted by molar-refractivity contribution is 5.57. The summed E-state index contributed by atoms with van der Waals surface area (Å²) in [5, 5.41) is 6.81. The summed E-state index contributed by atoms with van der Waals surface area (Å²) in [5.74, 6) is 1.56. The van der Waals surface area contributed by atoms with Crippen LogP contribution >= 0.6 is 0 Å². The summed E-state index contributed by atoms with van der Waals surface area (Å²) in [6.45, 7) is 3.38. The number of ether oxygens (including phenoxy) is 1. The Kier molecular flexibility index (Phi) is 5.72. The molecule has 2 heterocycles. The summed E-state index contributed by atoms with van der Waals surface area (Å²) in [7, 11) is 1.63. The third-order valence-corrected chi connectivity index (χ3v) is 4.13. The predicted molar refractivity (Wildman–Crippen MR) is 92.2 cm³/mol. The van der Waals surface area contributed by atoms with Crippen LogP contribution < -0.4 is 10.6 Å². The summed E-state index contributed by atoms with van der Waals surface area (Å²) in [4.78, 5) is 9.02. The monoisotopic (exact) mass is 330 g/mol. The van der Waals surface area contributed by atoms with Gasteiger partial charge in [-0.3, -0.25) is 0 Å². The Labute approximate surface area is 141 Å². The van der Waals surface area contributed by atoms with Gasteiger partial charge in [-0.25, -0.2) is 14.4 Å². The standard InChI is InChI=1S/C18H23FN4O/c1-24-12-16-9-17(21-11-13-4-3-7-20-10-13)23-18(22-16)14-5-2-6-15(19)8-14/h2,5-6,8-9,13,20H,3-4,7,10-12H2,1H3,(H,21,22,23). The van der Waals surface area contributed by atoms with Crippen LogP contribution in [0.1, 0.15) is 18.5 Å². The summed E-state index contributed by atoms with van der Waals surface area (Å²) < 4.78 is 18.7. The molecule has 6 heteroatoms. The molecule has 2 aromatic rings. The van der Waals surface area contributed by atoms with E-state index in [2.05, 4.69) is 20.6 Å². The fraction of sp³-hybridized carbons (Fsp3) is 0.444. The largest absolute Gasteiger partial charge is 0.378 e. The van der Waals surface area contributed by atoms with E-state index in [4.69, 9.17) is 4.74 Å². The van der Waals surface area contributed by atoms with Crippen molar-refractivity contribution in [2.45, 2.75) is 19.4 Å². The molecule has 0 spiro atoms. The fourth-order valence-corrected chi connectivity index (χ4v) is 2.91. The van der Waals surface area contributed by atoms with E-state index in [9.17, 15) is 4.39 Å². The Hall–Kier alpha value is -2.05. The van der Waals surface area contributed by atoms with Gasteiger partial charge >= 0.3 is 0 Å². The number of halogens is 1. The molecule has 0 saturated carbocycles. The Morgan fingerprint density at radius 3 is 3.00 bits per heavy atom. The molecule has 1 fully saturated rings. The number of aromatic nitrogens is 2. The van der Waals surface area contributed by atoms with Crippen molar-refractivity contribution in [3.05, 3.63) is 41.8 Å². The first kappa shape index (κ1) is 16.8. The van der Waals surface area contributed by atoms with Crippen LogP contribution in [0.15, 0.2) is 30.3 Å². The molecule has 1 aromatic heterocycles. The van der Waals surface area contributed by atoms with E-state index in [0.717, 1.165) is 31.1 Å². The van der Waals surface area contributed by atoms with E-state index < -0.39 is 0 Å². The molecule has 1 aromatic carbocycles. The molecule has 0 amide bonds. The molecule has 0 bridgehead atoms. The van der Waals surface area contributed by atoms with Gasteiger partial charge in [-0.1, -0.05) is 12.1 Å². The van der Waals surface area contributed by atoms with Crippen LogP contribution in [0.3, 0.4) is 0 Å². The summed E-state index contributed by atoms with van der Waals surface area (Å²) in [6.07, 6.45) is 2.42. The highest BCUT2D eigenvalue weighted by atomic mass is 19.1. The van der Waals surface area contributed by atoms with Gasteiger partial charge in [-0.05, 0) is 44.0 Å². The molecule has 0 aliphatic carbocycles. The summed E-state index contributed by atoms with van der Waals surface area (Å²) in [6, 6.07) is 8.22. The van der Waals surface area contributed by atoms with E-state index in [1.54, 1.807) is 13.2 Å². The lowest BCUT2D eigenvalue weighted by Crippen LogP contribution is -2.33. The molecule has 1 saturated heterocycles. The number of nitrogens with one attached hydrogen (secondary N) is 2. The van der Waals surface area contributed by atoms with Crippen molar-refractivity contribution in [2.24, 2.45) is 5.92 Å². The maximum Gasteiger partial charge on any atom is 0.161 e.